The number of carbonyl (C=O) groups excluding carboxylic acids is 1. The van der Waals surface area contributed by atoms with Crippen molar-refractivity contribution in [3.63, 3.8) is 0 Å². The third-order valence-corrected chi connectivity index (χ3v) is 5.51. The van der Waals surface area contributed by atoms with Crippen molar-refractivity contribution in [2.24, 2.45) is 0 Å². The van der Waals surface area contributed by atoms with Gasteiger partial charge in [-0.3, -0.25) is 14.7 Å². The van der Waals surface area contributed by atoms with E-state index >= 15 is 0 Å². The zero-order chi connectivity index (χ0) is 20.2. The molecule has 1 amide bonds. The van der Waals surface area contributed by atoms with Gasteiger partial charge in [-0.05, 0) is 35.9 Å². The fraction of sp³-hybridized carbons (Fsp3) is 0.136. The number of aromatic nitrogens is 2. The molecule has 0 N–H and O–H groups in total. The lowest BCUT2D eigenvalue weighted by molar-refractivity contribution is 0.0982. The molecule has 29 heavy (non-hydrogen) atoms. The molecule has 0 aliphatic heterocycles. The predicted molar refractivity (Wildman–Crippen MR) is 114 cm³/mol. The van der Waals surface area contributed by atoms with E-state index in [2.05, 4.69) is 4.98 Å². The summed E-state index contributed by atoms with van der Waals surface area (Å²) in [7, 11) is 3.17. The Labute approximate surface area is 172 Å². The molecular formula is C22H19N3O3S. The molecule has 6 nitrogen and oxygen atoms in total. The Balaban J connectivity index is 1.81. The van der Waals surface area contributed by atoms with E-state index in [1.54, 1.807) is 43.6 Å². The van der Waals surface area contributed by atoms with Crippen molar-refractivity contribution < 1.29 is 14.3 Å². The highest BCUT2D eigenvalue weighted by molar-refractivity contribution is 7.22. The van der Waals surface area contributed by atoms with Crippen LogP contribution in [0.3, 0.4) is 0 Å². The highest BCUT2D eigenvalue weighted by atomic mass is 32.1. The summed E-state index contributed by atoms with van der Waals surface area (Å²) in [5, 5.41) is 0.587. The third-order valence-electron chi connectivity index (χ3n) is 4.47. The summed E-state index contributed by atoms with van der Waals surface area (Å²) >= 11 is 1.44. The lowest BCUT2D eigenvalue weighted by atomic mass is 10.1. The Bertz CT molecular complexity index is 1140. The lowest BCUT2D eigenvalue weighted by Crippen LogP contribution is -2.30. The van der Waals surface area contributed by atoms with Crippen molar-refractivity contribution in [1.29, 1.82) is 0 Å². The monoisotopic (exact) mass is 405 g/mol. The number of benzene rings is 2. The molecule has 2 aromatic carbocycles. The maximum absolute atomic E-state index is 13.5. The molecule has 0 bridgehead atoms. The smallest absolute Gasteiger partial charge is 0.264 e. The molecule has 0 unspecified atom stereocenters. The van der Waals surface area contributed by atoms with Crippen LogP contribution in [0.15, 0.2) is 67.0 Å². The van der Waals surface area contributed by atoms with Crippen LogP contribution >= 0.6 is 11.3 Å². The average molecular weight is 405 g/mol. The van der Waals surface area contributed by atoms with E-state index in [9.17, 15) is 4.79 Å². The summed E-state index contributed by atoms with van der Waals surface area (Å²) in [4.78, 5) is 24.1. The number of thiazole rings is 1. The number of hydrogen-bond donors (Lipinski definition) is 0. The minimum atomic E-state index is -0.190. The number of fused-ring (bicyclic) bond motifs is 1. The number of pyridine rings is 1. The van der Waals surface area contributed by atoms with Gasteiger partial charge in [0, 0.05) is 12.4 Å². The summed E-state index contributed by atoms with van der Waals surface area (Å²) in [6.07, 6.45) is 3.45. The number of rotatable bonds is 6. The van der Waals surface area contributed by atoms with Gasteiger partial charge in [-0.1, -0.05) is 35.6 Å². The molecule has 7 heteroatoms. The van der Waals surface area contributed by atoms with Gasteiger partial charge in [0.1, 0.15) is 17.0 Å². The minimum Gasteiger partial charge on any atom is -0.496 e. The van der Waals surface area contributed by atoms with Gasteiger partial charge in [0.15, 0.2) is 5.13 Å². The van der Waals surface area contributed by atoms with Crippen LogP contribution < -0.4 is 14.4 Å². The van der Waals surface area contributed by atoms with Crippen LogP contribution in [0.25, 0.3) is 10.2 Å². The van der Waals surface area contributed by atoms with Crippen LogP contribution in [0.5, 0.6) is 11.5 Å². The highest BCUT2D eigenvalue weighted by Crippen LogP contribution is 2.35. The Morgan fingerprint density at radius 2 is 1.79 bits per heavy atom. The molecule has 0 saturated heterocycles. The first kappa shape index (κ1) is 18.9. The molecular weight excluding hydrogens is 386 g/mol. The molecule has 0 atom stereocenters. The number of nitrogens with zero attached hydrogens (tertiary/aromatic N) is 3. The molecule has 4 aromatic rings. The Morgan fingerprint density at radius 3 is 2.55 bits per heavy atom. The summed E-state index contributed by atoms with van der Waals surface area (Å²) in [6.45, 7) is 0.340. The van der Waals surface area contributed by atoms with Gasteiger partial charge in [-0.25, -0.2) is 4.98 Å². The molecule has 146 valence electrons. The standard InChI is InChI=1S/C22H19N3O3S/c1-27-17-9-4-3-8-16(17)21(26)25(14-15-7-6-12-23-13-15)22-24-20-18(28-2)10-5-11-19(20)29-22/h3-13H,14H2,1-2H3. The van der Waals surface area contributed by atoms with Crippen LogP contribution in [-0.2, 0) is 6.54 Å². The van der Waals surface area contributed by atoms with Crippen LogP contribution in [0, 0.1) is 0 Å². The van der Waals surface area contributed by atoms with E-state index in [1.165, 1.54) is 11.3 Å². The highest BCUT2D eigenvalue weighted by Gasteiger charge is 2.25. The van der Waals surface area contributed by atoms with E-state index in [1.807, 2.05) is 42.5 Å². The predicted octanol–water partition coefficient (Wildman–Crippen LogP) is 4.56. The molecule has 0 aliphatic rings. The average Bonchev–Trinajstić information content (AvgIpc) is 3.21. The number of hydrogen-bond acceptors (Lipinski definition) is 6. The zero-order valence-corrected chi connectivity index (χ0v) is 16.8. The first-order chi connectivity index (χ1) is 14.2. The van der Waals surface area contributed by atoms with E-state index in [0.717, 1.165) is 15.8 Å². The second-order valence-corrected chi connectivity index (χ2v) is 7.27. The van der Waals surface area contributed by atoms with Crippen molar-refractivity contribution in [2.75, 3.05) is 19.1 Å². The fourth-order valence-electron chi connectivity index (χ4n) is 3.06. The van der Waals surface area contributed by atoms with Gasteiger partial charge >= 0.3 is 0 Å². The van der Waals surface area contributed by atoms with Crippen LogP contribution in [0.2, 0.25) is 0 Å². The van der Waals surface area contributed by atoms with Gasteiger partial charge < -0.3 is 9.47 Å². The van der Waals surface area contributed by atoms with Gasteiger partial charge in [-0.15, -0.1) is 0 Å². The van der Waals surface area contributed by atoms with E-state index < -0.39 is 0 Å². The number of amides is 1. The Kier molecular flexibility index (Phi) is 5.39. The summed E-state index contributed by atoms with van der Waals surface area (Å²) in [5.41, 5.74) is 2.12. The van der Waals surface area contributed by atoms with Gasteiger partial charge in [0.05, 0.1) is 31.0 Å². The molecule has 0 radical (unpaired) electrons. The number of ether oxygens (including phenoxy) is 2. The summed E-state index contributed by atoms with van der Waals surface area (Å²) < 4.78 is 11.8. The summed E-state index contributed by atoms with van der Waals surface area (Å²) in [5.74, 6) is 1.01. The van der Waals surface area contributed by atoms with Crippen molar-refractivity contribution in [1.82, 2.24) is 9.97 Å². The number of para-hydroxylation sites is 2. The quantitative estimate of drug-likeness (QED) is 0.471. The van der Waals surface area contributed by atoms with Crippen LogP contribution in [0.1, 0.15) is 15.9 Å². The van der Waals surface area contributed by atoms with Crippen molar-refractivity contribution in [3.05, 3.63) is 78.1 Å². The molecule has 4 rings (SSSR count). The zero-order valence-electron chi connectivity index (χ0n) is 16.0. The van der Waals surface area contributed by atoms with E-state index in [0.29, 0.717) is 28.7 Å². The van der Waals surface area contributed by atoms with Gasteiger partial charge in [0.2, 0.25) is 0 Å². The van der Waals surface area contributed by atoms with E-state index in [-0.39, 0.29) is 5.91 Å². The number of methoxy groups -OCH3 is 2. The second-order valence-electron chi connectivity index (χ2n) is 6.26. The second kappa shape index (κ2) is 8.28. The van der Waals surface area contributed by atoms with Crippen LogP contribution in [-0.4, -0.2) is 30.1 Å². The minimum absolute atomic E-state index is 0.190. The maximum atomic E-state index is 13.5. The number of carbonyl (C=O) groups is 1. The molecule has 2 aromatic heterocycles. The topological polar surface area (TPSA) is 64.5 Å². The number of anilines is 1. The fourth-order valence-corrected chi connectivity index (χ4v) is 4.04. The first-order valence-electron chi connectivity index (χ1n) is 8.98. The van der Waals surface area contributed by atoms with Crippen molar-refractivity contribution in [2.45, 2.75) is 6.54 Å². The molecule has 0 spiro atoms. The van der Waals surface area contributed by atoms with Crippen LogP contribution in [0.4, 0.5) is 5.13 Å². The molecule has 0 aliphatic carbocycles. The molecule has 2 heterocycles. The van der Waals surface area contributed by atoms with Gasteiger partial charge in [-0.2, -0.15) is 0 Å². The van der Waals surface area contributed by atoms with Gasteiger partial charge in [0.25, 0.3) is 5.91 Å². The molecule has 0 saturated carbocycles. The SMILES string of the molecule is COc1ccccc1C(=O)N(Cc1cccnc1)c1nc2c(OC)cccc2s1. The first-order valence-corrected chi connectivity index (χ1v) is 9.80. The van der Waals surface area contributed by atoms with E-state index in [4.69, 9.17) is 14.5 Å². The Hall–Kier alpha value is -3.45. The van der Waals surface area contributed by atoms with Crippen molar-refractivity contribution in [3.8, 4) is 11.5 Å². The lowest BCUT2D eigenvalue weighted by Gasteiger charge is -2.21. The Morgan fingerprint density at radius 1 is 1.00 bits per heavy atom. The molecule has 0 fully saturated rings. The summed E-state index contributed by atoms with van der Waals surface area (Å²) in [6, 6.07) is 16.7. The maximum Gasteiger partial charge on any atom is 0.264 e. The third kappa shape index (κ3) is 3.77. The normalized spacial score (nSPS) is 10.7. The van der Waals surface area contributed by atoms with Crippen molar-refractivity contribution >= 4 is 32.6 Å². The largest absolute Gasteiger partial charge is 0.496 e.